The second-order valence-corrected chi connectivity index (χ2v) is 13.9. The predicted octanol–water partition coefficient (Wildman–Crippen LogP) is 6.88. The Morgan fingerprint density at radius 1 is 0.583 bits per heavy atom. The van der Waals surface area contributed by atoms with Crippen molar-refractivity contribution in [2.75, 3.05) is 0 Å². The molecule has 5 aromatic rings. The van der Waals surface area contributed by atoms with Crippen molar-refractivity contribution in [1.82, 2.24) is 0 Å². The zero-order chi connectivity index (χ0) is 24.1. The van der Waals surface area contributed by atoms with Crippen molar-refractivity contribution in [1.29, 1.82) is 0 Å². The molecular weight excluding hydrogens is 448 g/mol. The highest BCUT2D eigenvalue weighted by Gasteiger charge is 2.50. The van der Waals surface area contributed by atoms with Crippen LogP contribution in [0.4, 0.5) is 0 Å². The first kappa shape index (κ1) is 21.3. The number of fused-ring (bicyclic) bond motifs is 4. The van der Waals surface area contributed by atoms with E-state index >= 15 is 0 Å². The van der Waals surface area contributed by atoms with Gasteiger partial charge >= 0.3 is 0 Å². The minimum atomic E-state index is -2.37. The minimum Gasteiger partial charge on any atom is -0.0653 e. The molecule has 0 amide bonds. The summed E-state index contributed by atoms with van der Waals surface area (Å²) in [5.74, 6) is 0.461. The Kier molecular flexibility index (Phi) is 4.94. The van der Waals surface area contributed by atoms with Crippen LogP contribution < -0.4 is 15.6 Å². The smallest absolute Gasteiger partial charge is 0.0653 e. The third kappa shape index (κ3) is 3.06. The van der Waals surface area contributed by atoms with Gasteiger partial charge in [0.2, 0.25) is 0 Å². The van der Waals surface area contributed by atoms with Gasteiger partial charge < -0.3 is 0 Å². The van der Waals surface area contributed by atoms with Gasteiger partial charge in [-0.05, 0) is 67.0 Å². The molecule has 7 rings (SSSR count). The van der Waals surface area contributed by atoms with Crippen molar-refractivity contribution in [2.45, 2.75) is 13.3 Å². The molecule has 1 heterocycles. The number of rotatable bonds is 3. The Balaban J connectivity index is 1.46. The molecule has 1 aliphatic carbocycles. The molecule has 2 aliphatic rings. The number of hydrogen-bond donors (Lipinski definition) is 0. The average Bonchev–Trinajstić information content (AvgIpc) is 3.24. The SMILES string of the molecule is CC1CC(c2ccc3ccccc3c2)=CC=C1[Si]1(c2ccccc2)c2ccccc2-c2ccccc21. The van der Waals surface area contributed by atoms with Gasteiger partial charge in [0.05, 0.1) is 0 Å². The normalized spacial score (nSPS) is 17.8. The van der Waals surface area contributed by atoms with Crippen molar-refractivity contribution >= 4 is 40.0 Å². The van der Waals surface area contributed by atoms with Crippen molar-refractivity contribution in [3.8, 4) is 11.1 Å². The summed E-state index contributed by atoms with van der Waals surface area (Å²) >= 11 is 0. The molecule has 0 saturated heterocycles. The van der Waals surface area contributed by atoms with Crippen LogP contribution in [0.2, 0.25) is 0 Å². The molecule has 0 radical (unpaired) electrons. The van der Waals surface area contributed by atoms with Crippen LogP contribution >= 0.6 is 0 Å². The van der Waals surface area contributed by atoms with Gasteiger partial charge in [0.15, 0.2) is 8.07 Å². The van der Waals surface area contributed by atoms with E-state index in [1.54, 1.807) is 5.20 Å². The second-order valence-electron chi connectivity index (χ2n) is 10.2. The number of benzene rings is 5. The molecule has 0 nitrogen and oxygen atoms in total. The molecule has 0 saturated carbocycles. The average molecular weight is 477 g/mol. The lowest BCUT2D eigenvalue weighted by Gasteiger charge is -2.38. The van der Waals surface area contributed by atoms with Gasteiger partial charge in [-0.1, -0.05) is 140 Å². The fourth-order valence-corrected chi connectivity index (χ4v) is 12.3. The van der Waals surface area contributed by atoms with Crippen LogP contribution in [0.1, 0.15) is 18.9 Å². The highest BCUT2D eigenvalue weighted by Crippen LogP contribution is 2.40. The van der Waals surface area contributed by atoms with Gasteiger partial charge in [-0.3, -0.25) is 0 Å². The van der Waals surface area contributed by atoms with E-state index in [-0.39, 0.29) is 0 Å². The molecule has 1 aliphatic heterocycles. The van der Waals surface area contributed by atoms with E-state index in [0.717, 1.165) is 6.42 Å². The maximum absolute atomic E-state index is 2.50. The summed E-state index contributed by atoms with van der Waals surface area (Å²) in [5, 5.41) is 8.80. The predicted molar refractivity (Wildman–Crippen MR) is 157 cm³/mol. The lowest BCUT2D eigenvalue weighted by molar-refractivity contribution is 0.728. The maximum Gasteiger partial charge on any atom is 0.177 e. The summed E-state index contributed by atoms with van der Waals surface area (Å²) in [6.07, 6.45) is 5.98. The largest absolute Gasteiger partial charge is 0.177 e. The third-order valence-electron chi connectivity index (χ3n) is 8.23. The minimum absolute atomic E-state index is 0.461. The molecule has 0 fully saturated rings. The Morgan fingerprint density at radius 3 is 1.89 bits per heavy atom. The van der Waals surface area contributed by atoms with Gasteiger partial charge in [0, 0.05) is 0 Å². The summed E-state index contributed by atoms with van der Waals surface area (Å²) in [5.41, 5.74) is 5.62. The van der Waals surface area contributed by atoms with Crippen LogP contribution in [0.15, 0.2) is 139 Å². The van der Waals surface area contributed by atoms with Crippen LogP contribution in [-0.2, 0) is 0 Å². The molecule has 0 bridgehead atoms. The molecule has 5 aromatic carbocycles. The van der Waals surface area contributed by atoms with E-state index in [1.165, 1.54) is 48.6 Å². The van der Waals surface area contributed by atoms with Gasteiger partial charge in [-0.25, -0.2) is 0 Å². The summed E-state index contributed by atoms with van der Waals surface area (Å²) in [7, 11) is -2.37. The highest BCUT2D eigenvalue weighted by molar-refractivity contribution is 7.18. The van der Waals surface area contributed by atoms with Crippen LogP contribution in [0, 0.1) is 5.92 Å². The van der Waals surface area contributed by atoms with Gasteiger partial charge in [0.25, 0.3) is 0 Å². The van der Waals surface area contributed by atoms with Crippen LogP contribution in [0.5, 0.6) is 0 Å². The lowest BCUT2D eigenvalue weighted by Crippen LogP contribution is -2.67. The Hall–Kier alpha value is -3.94. The molecule has 1 atom stereocenters. The molecular formula is C35H28Si. The van der Waals surface area contributed by atoms with E-state index in [0.29, 0.717) is 5.92 Å². The summed E-state index contributed by atoms with van der Waals surface area (Å²) in [4.78, 5) is 0. The van der Waals surface area contributed by atoms with Crippen molar-refractivity contribution in [3.05, 3.63) is 144 Å². The summed E-state index contributed by atoms with van der Waals surface area (Å²) in [6, 6.07) is 45.3. The van der Waals surface area contributed by atoms with Gasteiger partial charge in [0.1, 0.15) is 0 Å². The quantitative estimate of drug-likeness (QED) is 0.249. The van der Waals surface area contributed by atoms with Crippen molar-refractivity contribution < 1.29 is 0 Å². The number of hydrogen-bond acceptors (Lipinski definition) is 0. The fraction of sp³-hybridized carbons (Fsp3) is 0.0857. The molecule has 1 heteroatoms. The first-order valence-corrected chi connectivity index (χ1v) is 14.9. The van der Waals surface area contributed by atoms with Crippen LogP contribution in [-0.4, -0.2) is 8.07 Å². The summed E-state index contributed by atoms with van der Waals surface area (Å²) in [6.45, 7) is 2.45. The van der Waals surface area contributed by atoms with E-state index in [9.17, 15) is 0 Å². The lowest BCUT2D eigenvalue weighted by atomic mass is 9.90. The Labute approximate surface area is 214 Å². The molecule has 36 heavy (non-hydrogen) atoms. The second kappa shape index (κ2) is 8.32. The Bertz CT molecular complexity index is 1630. The third-order valence-corrected chi connectivity index (χ3v) is 13.4. The zero-order valence-electron chi connectivity index (χ0n) is 20.5. The molecule has 0 spiro atoms. The van der Waals surface area contributed by atoms with E-state index < -0.39 is 8.07 Å². The van der Waals surface area contributed by atoms with Crippen LogP contribution in [0.25, 0.3) is 27.5 Å². The molecule has 0 N–H and O–H groups in total. The van der Waals surface area contributed by atoms with Gasteiger partial charge in [-0.15, -0.1) is 0 Å². The van der Waals surface area contributed by atoms with Crippen molar-refractivity contribution in [2.24, 2.45) is 5.92 Å². The molecule has 0 aromatic heterocycles. The first-order valence-electron chi connectivity index (χ1n) is 12.9. The van der Waals surface area contributed by atoms with Crippen molar-refractivity contribution in [3.63, 3.8) is 0 Å². The van der Waals surface area contributed by atoms with E-state index in [4.69, 9.17) is 0 Å². The summed E-state index contributed by atoms with van der Waals surface area (Å²) < 4.78 is 0. The zero-order valence-corrected chi connectivity index (χ0v) is 21.5. The van der Waals surface area contributed by atoms with Gasteiger partial charge in [-0.2, -0.15) is 0 Å². The fourth-order valence-electron chi connectivity index (χ4n) is 6.67. The van der Waals surface area contributed by atoms with E-state index in [1.807, 2.05) is 0 Å². The molecule has 1 unspecified atom stereocenters. The highest BCUT2D eigenvalue weighted by atomic mass is 28.3. The first-order chi connectivity index (χ1) is 17.8. The van der Waals surface area contributed by atoms with Crippen LogP contribution in [0.3, 0.4) is 0 Å². The number of allylic oxidation sites excluding steroid dienone is 4. The molecule has 172 valence electrons. The maximum atomic E-state index is 2.50. The monoisotopic (exact) mass is 476 g/mol. The van der Waals surface area contributed by atoms with E-state index in [2.05, 4.69) is 140 Å². The topological polar surface area (TPSA) is 0 Å². The Morgan fingerprint density at radius 2 is 1.19 bits per heavy atom. The standard InChI is InChI=1S/C35H28Si/c1-25-23-28(29-20-19-26-11-5-6-12-27(26)24-29)21-22-33(25)36(30-13-3-2-4-14-30)34-17-9-7-15-31(34)32-16-8-10-18-35(32)36/h2-22,24-25H,23H2,1H3.